The molecule has 3 N–H and O–H groups in total. The highest BCUT2D eigenvalue weighted by Crippen LogP contribution is 2.21. The van der Waals surface area contributed by atoms with E-state index >= 15 is 0 Å². The second-order valence-electron chi connectivity index (χ2n) is 8.11. The Morgan fingerprint density at radius 2 is 1.64 bits per heavy atom. The molecule has 1 saturated heterocycles. The Hall–Kier alpha value is -3.71. The van der Waals surface area contributed by atoms with Crippen molar-refractivity contribution in [1.29, 1.82) is 0 Å². The summed E-state index contributed by atoms with van der Waals surface area (Å²) < 4.78 is 13.3. The maximum Gasteiger partial charge on any atom is 0.255 e. The van der Waals surface area contributed by atoms with Gasteiger partial charge in [-0.15, -0.1) is 0 Å². The van der Waals surface area contributed by atoms with Crippen molar-refractivity contribution in [1.82, 2.24) is 5.32 Å². The van der Waals surface area contributed by atoms with Crippen molar-refractivity contribution >= 4 is 23.2 Å². The molecule has 0 atom stereocenters. The molecule has 0 spiro atoms. The van der Waals surface area contributed by atoms with Crippen LogP contribution in [0.15, 0.2) is 72.8 Å². The number of nitrogens with one attached hydrogen (secondary N) is 2. The van der Waals surface area contributed by atoms with Gasteiger partial charge in [0.25, 0.3) is 11.8 Å². The number of anilines is 2. The third-order valence-electron chi connectivity index (χ3n) is 5.68. The monoisotopic (exact) mass is 447 g/mol. The Morgan fingerprint density at radius 3 is 2.36 bits per heavy atom. The third kappa shape index (κ3) is 5.96. The highest BCUT2D eigenvalue weighted by atomic mass is 19.1. The summed E-state index contributed by atoms with van der Waals surface area (Å²) in [6.45, 7) is 1.91. The second-order valence-corrected chi connectivity index (χ2v) is 8.11. The minimum atomic E-state index is -0.470. The van der Waals surface area contributed by atoms with Crippen molar-refractivity contribution in [2.75, 3.05) is 23.3 Å². The predicted molar refractivity (Wildman–Crippen MR) is 126 cm³/mol. The van der Waals surface area contributed by atoms with E-state index in [9.17, 15) is 19.1 Å². The van der Waals surface area contributed by atoms with E-state index in [0.29, 0.717) is 17.8 Å². The van der Waals surface area contributed by atoms with E-state index in [1.54, 1.807) is 36.4 Å². The van der Waals surface area contributed by atoms with Crippen LogP contribution in [-0.4, -0.2) is 36.1 Å². The number of aliphatic hydroxyl groups excluding tert-OH is 1. The van der Waals surface area contributed by atoms with Gasteiger partial charge in [-0.05, 0) is 73.0 Å². The highest BCUT2D eigenvalue weighted by molar-refractivity contribution is 6.04. The molecule has 1 fully saturated rings. The topological polar surface area (TPSA) is 81.7 Å². The van der Waals surface area contributed by atoms with Crippen molar-refractivity contribution in [2.24, 2.45) is 0 Å². The molecule has 2 amide bonds. The molecule has 3 aromatic carbocycles. The molecule has 0 saturated carbocycles. The van der Waals surface area contributed by atoms with Crippen molar-refractivity contribution in [2.45, 2.75) is 25.5 Å². The van der Waals surface area contributed by atoms with Crippen LogP contribution >= 0.6 is 0 Å². The largest absolute Gasteiger partial charge is 0.393 e. The van der Waals surface area contributed by atoms with Crippen molar-refractivity contribution in [3.63, 3.8) is 0 Å². The first-order valence-electron chi connectivity index (χ1n) is 10.9. The van der Waals surface area contributed by atoms with E-state index in [-0.39, 0.29) is 17.6 Å². The summed E-state index contributed by atoms with van der Waals surface area (Å²) in [7, 11) is 0. The van der Waals surface area contributed by atoms with Crippen LogP contribution in [0.25, 0.3) is 0 Å². The molecule has 6 nitrogen and oxygen atoms in total. The lowest BCUT2D eigenvalue weighted by atomic mass is 10.1. The van der Waals surface area contributed by atoms with Gasteiger partial charge in [0.2, 0.25) is 0 Å². The molecule has 33 heavy (non-hydrogen) atoms. The molecular formula is C26H26FN3O3. The van der Waals surface area contributed by atoms with Crippen LogP contribution in [0.2, 0.25) is 0 Å². The van der Waals surface area contributed by atoms with E-state index in [4.69, 9.17) is 0 Å². The maximum absolute atomic E-state index is 13.3. The zero-order chi connectivity index (χ0) is 23.2. The average molecular weight is 448 g/mol. The van der Waals surface area contributed by atoms with Crippen molar-refractivity contribution < 1.29 is 19.1 Å². The van der Waals surface area contributed by atoms with Gasteiger partial charge in [0, 0.05) is 42.1 Å². The van der Waals surface area contributed by atoms with Gasteiger partial charge in [-0.25, -0.2) is 4.39 Å². The zero-order valence-electron chi connectivity index (χ0n) is 18.1. The smallest absolute Gasteiger partial charge is 0.255 e. The molecule has 0 unspecified atom stereocenters. The molecule has 7 heteroatoms. The lowest BCUT2D eigenvalue weighted by Gasteiger charge is -2.31. The Morgan fingerprint density at radius 1 is 0.909 bits per heavy atom. The summed E-state index contributed by atoms with van der Waals surface area (Å²) in [6.07, 6.45) is 1.29. The fourth-order valence-corrected chi connectivity index (χ4v) is 3.82. The summed E-state index contributed by atoms with van der Waals surface area (Å²) >= 11 is 0. The van der Waals surface area contributed by atoms with Crippen LogP contribution in [0.5, 0.6) is 0 Å². The van der Waals surface area contributed by atoms with Crippen LogP contribution in [0, 0.1) is 5.82 Å². The molecule has 4 rings (SSSR count). The fraction of sp³-hybridized carbons (Fsp3) is 0.231. The maximum atomic E-state index is 13.3. The van der Waals surface area contributed by atoms with Gasteiger partial charge in [-0.1, -0.05) is 18.2 Å². The summed E-state index contributed by atoms with van der Waals surface area (Å²) in [5, 5.41) is 15.3. The van der Waals surface area contributed by atoms with Crippen molar-refractivity contribution in [3.8, 4) is 0 Å². The molecule has 1 aliphatic heterocycles. The van der Waals surface area contributed by atoms with Gasteiger partial charge in [0.1, 0.15) is 5.82 Å². The second kappa shape index (κ2) is 10.3. The predicted octanol–water partition coefficient (Wildman–Crippen LogP) is 3.97. The Bertz CT molecular complexity index is 1130. The number of carbonyl (C=O) groups excluding carboxylic acids is 2. The summed E-state index contributed by atoms with van der Waals surface area (Å²) in [5.74, 6) is -1.06. The fourth-order valence-electron chi connectivity index (χ4n) is 3.82. The number of amides is 2. The van der Waals surface area contributed by atoms with E-state index in [1.807, 2.05) is 18.2 Å². The lowest BCUT2D eigenvalue weighted by molar-refractivity contribution is 0.0950. The molecule has 0 aromatic heterocycles. The number of carbonyl (C=O) groups is 2. The summed E-state index contributed by atoms with van der Waals surface area (Å²) in [5.41, 5.74) is 3.22. The van der Waals surface area contributed by atoms with Crippen LogP contribution in [0.3, 0.4) is 0 Å². The van der Waals surface area contributed by atoms with Gasteiger partial charge in [-0.3, -0.25) is 9.59 Å². The number of benzene rings is 3. The van der Waals surface area contributed by atoms with Gasteiger partial charge in [0.05, 0.1) is 6.10 Å². The normalized spacial score (nSPS) is 14.1. The van der Waals surface area contributed by atoms with Gasteiger partial charge < -0.3 is 20.6 Å². The lowest BCUT2D eigenvalue weighted by Crippen LogP contribution is -2.35. The summed E-state index contributed by atoms with van der Waals surface area (Å²) in [4.78, 5) is 27.1. The average Bonchev–Trinajstić information content (AvgIpc) is 2.83. The number of halogens is 1. The first kappa shape index (κ1) is 22.5. The standard InChI is InChI=1S/C26H26FN3O3/c27-21-5-2-4-20(16-21)26(33)29-22-6-1-3-18(15-22)17-28-25(32)19-7-9-23(10-8-19)30-13-11-24(31)12-14-30/h1-10,15-16,24,31H,11-14,17H2,(H,28,32)(H,29,33). The quantitative estimate of drug-likeness (QED) is 0.534. The van der Waals surface area contributed by atoms with Gasteiger partial charge >= 0.3 is 0 Å². The number of rotatable bonds is 6. The first-order chi connectivity index (χ1) is 16.0. The number of hydrogen-bond acceptors (Lipinski definition) is 4. The molecule has 0 aliphatic carbocycles. The summed E-state index contributed by atoms with van der Waals surface area (Å²) in [6, 6.07) is 20.1. The number of aliphatic hydroxyl groups is 1. The SMILES string of the molecule is O=C(NCc1cccc(NC(=O)c2cccc(F)c2)c1)c1ccc(N2CCC(O)CC2)cc1. The Labute approximate surface area is 192 Å². The van der Waals surface area contributed by atoms with Crippen LogP contribution in [0.1, 0.15) is 39.1 Å². The zero-order valence-corrected chi connectivity index (χ0v) is 18.1. The van der Waals surface area contributed by atoms with E-state index in [1.165, 1.54) is 18.2 Å². The molecule has 3 aromatic rings. The number of piperidine rings is 1. The molecule has 1 aliphatic rings. The highest BCUT2D eigenvalue weighted by Gasteiger charge is 2.17. The Balaban J connectivity index is 1.32. The minimum Gasteiger partial charge on any atom is -0.393 e. The Kier molecular flexibility index (Phi) is 7.00. The van der Waals surface area contributed by atoms with Crippen LogP contribution < -0.4 is 15.5 Å². The van der Waals surface area contributed by atoms with E-state index < -0.39 is 11.7 Å². The van der Waals surface area contributed by atoms with Crippen LogP contribution in [0.4, 0.5) is 15.8 Å². The van der Waals surface area contributed by atoms with E-state index in [0.717, 1.165) is 37.2 Å². The molecule has 0 radical (unpaired) electrons. The van der Waals surface area contributed by atoms with E-state index in [2.05, 4.69) is 15.5 Å². The number of hydrogen-bond donors (Lipinski definition) is 3. The first-order valence-corrected chi connectivity index (χ1v) is 10.9. The molecule has 170 valence electrons. The van der Waals surface area contributed by atoms with Crippen molar-refractivity contribution in [3.05, 3.63) is 95.3 Å². The van der Waals surface area contributed by atoms with Gasteiger partial charge in [0.15, 0.2) is 0 Å². The molecular weight excluding hydrogens is 421 g/mol. The molecule has 1 heterocycles. The number of nitrogens with zero attached hydrogens (tertiary/aromatic N) is 1. The van der Waals surface area contributed by atoms with Gasteiger partial charge in [-0.2, -0.15) is 0 Å². The third-order valence-corrected chi connectivity index (χ3v) is 5.68. The molecule has 0 bridgehead atoms. The van der Waals surface area contributed by atoms with Crippen LogP contribution in [-0.2, 0) is 6.54 Å². The minimum absolute atomic E-state index is 0.190.